The molecule has 1 heterocycles. The molecule has 0 radical (unpaired) electrons. The zero-order valence-electron chi connectivity index (χ0n) is 15.1. The minimum atomic E-state index is -0.333. The van der Waals surface area contributed by atoms with E-state index in [1.54, 1.807) is 53.5 Å². The van der Waals surface area contributed by atoms with E-state index in [1.165, 1.54) is 12.1 Å². The number of nitrogens with one attached hydrogen (secondary N) is 1. The van der Waals surface area contributed by atoms with E-state index >= 15 is 0 Å². The van der Waals surface area contributed by atoms with Crippen molar-refractivity contribution in [2.75, 3.05) is 10.3 Å². The van der Waals surface area contributed by atoms with Gasteiger partial charge in [-0.2, -0.15) is 5.10 Å². The first-order chi connectivity index (χ1) is 14.0. The summed E-state index contributed by atoms with van der Waals surface area (Å²) in [5, 5.41) is 10.3. The maximum Gasteiger partial charge on any atom is 0.271 e. The molecule has 1 N–H and O–H groups in total. The number of halogens is 3. The first-order valence-electron chi connectivity index (χ1n) is 8.94. The Hall–Kier alpha value is -2.89. The number of nitrogens with zero attached hydrogens (tertiary/aromatic N) is 2. The van der Waals surface area contributed by atoms with Crippen LogP contribution in [0.1, 0.15) is 18.0 Å². The highest BCUT2D eigenvalue weighted by Gasteiger charge is 2.32. The van der Waals surface area contributed by atoms with Crippen LogP contribution in [-0.4, -0.2) is 11.6 Å². The molecule has 0 saturated heterocycles. The molecular weight excluding hydrogens is 412 g/mol. The smallest absolute Gasteiger partial charge is 0.271 e. The molecule has 0 fully saturated rings. The van der Waals surface area contributed by atoms with Crippen LogP contribution in [0.25, 0.3) is 0 Å². The lowest BCUT2D eigenvalue weighted by atomic mass is 10.0. The normalized spacial score (nSPS) is 15.9. The molecule has 29 heavy (non-hydrogen) atoms. The predicted molar refractivity (Wildman–Crippen MR) is 115 cm³/mol. The number of rotatable bonds is 4. The highest BCUT2D eigenvalue weighted by molar-refractivity contribution is 6.44. The SMILES string of the molecule is O=C(Nc1ccc(Cl)cc1)C1=NN(c2ccc(F)cc2)C(c2ccc(Cl)cc2)C1. The van der Waals surface area contributed by atoms with Crippen molar-refractivity contribution in [1.82, 2.24) is 0 Å². The topological polar surface area (TPSA) is 44.7 Å². The molecule has 0 spiro atoms. The Morgan fingerprint density at radius 1 is 0.931 bits per heavy atom. The Bertz CT molecular complexity index is 1050. The van der Waals surface area contributed by atoms with Crippen LogP contribution in [0.3, 0.4) is 0 Å². The monoisotopic (exact) mass is 427 g/mol. The molecule has 4 nitrogen and oxygen atoms in total. The molecule has 1 aliphatic heterocycles. The summed E-state index contributed by atoms with van der Waals surface area (Å²) < 4.78 is 13.4. The Morgan fingerprint density at radius 2 is 1.52 bits per heavy atom. The number of carbonyl (C=O) groups excluding carboxylic acids is 1. The molecule has 146 valence electrons. The summed E-state index contributed by atoms with van der Waals surface area (Å²) in [6.07, 6.45) is 0.401. The summed E-state index contributed by atoms with van der Waals surface area (Å²) in [5.74, 6) is -0.628. The van der Waals surface area contributed by atoms with E-state index in [-0.39, 0.29) is 17.8 Å². The molecule has 3 aromatic rings. The summed E-state index contributed by atoms with van der Waals surface area (Å²) in [6, 6.07) is 20.1. The molecule has 0 bridgehead atoms. The number of hydrogen-bond acceptors (Lipinski definition) is 3. The molecule has 1 amide bonds. The second kappa shape index (κ2) is 8.23. The third kappa shape index (κ3) is 4.42. The fourth-order valence-electron chi connectivity index (χ4n) is 3.16. The number of hydrogen-bond donors (Lipinski definition) is 1. The molecule has 0 saturated carbocycles. The van der Waals surface area contributed by atoms with Crippen molar-refractivity contribution in [3.8, 4) is 0 Å². The van der Waals surface area contributed by atoms with Gasteiger partial charge < -0.3 is 5.32 Å². The van der Waals surface area contributed by atoms with Crippen LogP contribution in [-0.2, 0) is 4.79 Å². The van der Waals surface area contributed by atoms with Gasteiger partial charge in [0.15, 0.2) is 0 Å². The van der Waals surface area contributed by atoms with Gasteiger partial charge in [-0.05, 0) is 66.2 Å². The van der Waals surface area contributed by atoms with E-state index < -0.39 is 0 Å². The van der Waals surface area contributed by atoms with Crippen LogP contribution in [0.2, 0.25) is 10.0 Å². The minimum Gasteiger partial charge on any atom is -0.321 e. The van der Waals surface area contributed by atoms with Crippen LogP contribution in [0.5, 0.6) is 0 Å². The van der Waals surface area contributed by atoms with E-state index in [4.69, 9.17) is 23.2 Å². The average Bonchev–Trinajstić information content (AvgIpc) is 3.16. The maximum atomic E-state index is 13.4. The Labute approximate surface area is 177 Å². The molecule has 1 unspecified atom stereocenters. The highest BCUT2D eigenvalue weighted by Crippen LogP contribution is 2.36. The van der Waals surface area contributed by atoms with E-state index in [2.05, 4.69) is 10.4 Å². The van der Waals surface area contributed by atoms with Crippen LogP contribution in [0.15, 0.2) is 77.9 Å². The van der Waals surface area contributed by atoms with Crippen molar-refractivity contribution in [3.63, 3.8) is 0 Å². The third-order valence-electron chi connectivity index (χ3n) is 4.62. The molecule has 1 aliphatic rings. The zero-order chi connectivity index (χ0) is 20.4. The van der Waals surface area contributed by atoms with Crippen molar-refractivity contribution < 1.29 is 9.18 Å². The van der Waals surface area contributed by atoms with Gasteiger partial charge in [-0.1, -0.05) is 35.3 Å². The van der Waals surface area contributed by atoms with Crippen molar-refractivity contribution in [3.05, 3.63) is 94.2 Å². The standard InChI is InChI=1S/C22H16Cl2FN3O/c23-15-3-1-14(2-4-15)21-13-20(22(29)26-18-9-5-16(24)6-10-18)27-28(21)19-11-7-17(25)8-12-19/h1-12,21H,13H2,(H,26,29). The average molecular weight is 428 g/mol. The van der Waals surface area contributed by atoms with Crippen LogP contribution >= 0.6 is 23.2 Å². The van der Waals surface area contributed by atoms with E-state index in [9.17, 15) is 9.18 Å². The van der Waals surface area contributed by atoms with Gasteiger partial charge in [0, 0.05) is 22.2 Å². The Morgan fingerprint density at radius 3 is 2.14 bits per heavy atom. The quantitative estimate of drug-likeness (QED) is 0.548. The molecular formula is C22H16Cl2FN3O. The number of hydrazone groups is 1. The number of carbonyl (C=O) groups is 1. The van der Waals surface area contributed by atoms with Gasteiger partial charge in [0.05, 0.1) is 11.7 Å². The maximum absolute atomic E-state index is 13.4. The van der Waals surface area contributed by atoms with Crippen LogP contribution in [0, 0.1) is 5.82 Å². The summed E-state index contributed by atoms with van der Waals surface area (Å²) in [4.78, 5) is 12.8. The lowest BCUT2D eigenvalue weighted by Gasteiger charge is -2.24. The van der Waals surface area contributed by atoms with Gasteiger partial charge in [0.2, 0.25) is 0 Å². The van der Waals surface area contributed by atoms with Gasteiger partial charge in [0.25, 0.3) is 5.91 Å². The molecule has 7 heteroatoms. The van der Waals surface area contributed by atoms with Crippen LogP contribution in [0.4, 0.5) is 15.8 Å². The molecule has 3 aromatic carbocycles. The second-order valence-electron chi connectivity index (χ2n) is 6.60. The fraction of sp³-hybridized carbons (Fsp3) is 0.0909. The van der Waals surface area contributed by atoms with E-state index in [0.29, 0.717) is 33.6 Å². The number of amides is 1. The van der Waals surface area contributed by atoms with Gasteiger partial charge in [-0.3, -0.25) is 9.80 Å². The van der Waals surface area contributed by atoms with Crippen molar-refractivity contribution in [2.24, 2.45) is 5.10 Å². The molecule has 0 aromatic heterocycles. The van der Waals surface area contributed by atoms with E-state index in [0.717, 1.165) is 5.56 Å². The molecule has 0 aliphatic carbocycles. The lowest BCUT2D eigenvalue weighted by molar-refractivity contribution is -0.110. The molecule has 1 atom stereocenters. The number of anilines is 2. The van der Waals surface area contributed by atoms with Gasteiger partial charge in [-0.25, -0.2) is 4.39 Å². The summed E-state index contributed by atoms with van der Waals surface area (Å²) in [5.41, 5.74) is 2.66. The second-order valence-corrected chi connectivity index (χ2v) is 7.47. The fourth-order valence-corrected chi connectivity index (χ4v) is 3.41. The largest absolute Gasteiger partial charge is 0.321 e. The Balaban J connectivity index is 1.63. The predicted octanol–water partition coefficient (Wildman–Crippen LogP) is 6.08. The summed E-state index contributed by atoms with van der Waals surface area (Å²) in [7, 11) is 0. The summed E-state index contributed by atoms with van der Waals surface area (Å²) in [6.45, 7) is 0. The van der Waals surface area contributed by atoms with Gasteiger partial charge in [-0.15, -0.1) is 0 Å². The van der Waals surface area contributed by atoms with Crippen molar-refractivity contribution in [1.29, 1.82) is 0 Å². The minimum absolute atomic E-state index is 0.205. The summed E-state index contributed by atoms with van der Waals surface area (Å²) >= 11 is 11.9. The Kier molecular flexibility index (Phi) is 5.51. The van der Waals surface area contributed by atoms with Crippen molar-refractivity contribution in [2.45, 2.75) is 12.5 Å². The number of benzene rings is 3. The van der Waals surface area contributed by atoms with Gasteiger partial charge >= 0.3 is 0 Å². The first-order valence-corrected chi connectivity index (χ1v) is 9.70. The molecule has 4 rings (SSSR count). The van der Waals surface area contributed by atoms with Crippen molar-refractivity contribution >= 4 is 46.2 Å². The zero-order valence-corrected chi connectivity index (χ0v) is 16.7. The van der Waals surface area contributed by atoms with Crippen LogP contribution < -0.4 is 10.3 Å². The first kappa shape index (κ1) is 19.4. The third-order valence-corrected chi connectivity index (χ3v) is 5.12. The lowest BCUT2D eigenvalue weighted by Crippen LogP contribution is -2.21. The van der Waals surface area contributed by atoms with E-state index in [1.807, 2.05) is 12.1 Å². The highest BCUT2D eigenvalue weighted by atomic mass is 35.5. The van der Waals surface area contributed by atoms with Gasteiger partial charge in [0.1, 0.15) is 11.5 Å².